The summed E-state index contributed by atoms with van der Waals surface area (Å²) in [4.78, 5) is 12.0. The summed E-state index contributed by atoms with van der Waals surface area (Å²) < 4.78 is 0. The number of amides is 1. The molecule has 1 aromatic heterocycles. The minimum absolute atomic E-state index is 0.197. The number of carbonyl (C=O) groups is 1. The summed E-state index contributed by atoms with van der Waals surface area (Å²) in [5, 5.41) is 14.0. The first kappa shape index (κ1) is 14.6. The Labute approximate surface area is 126 Å². The molecule has 0 radical (unpaired) electrons. The van der Waals surface area contributed by atoms with Crippen molar-refractivity contribution in [2.45, 2.75) is 6.92 Å². The van der Waals surface area contributed by atoms with Gasteiger partial charge >= 0.3 is 0 Å². The normalized spacial score (nSPS) is 10.2. The first-order chi connectivity index (χ1) is 9.61. The van der Waals surface area contributed by atoms with Crippen LogP contribution in [0.15, 0.2) is 30.3 Å². The van der Waals surface area contributed by atoms with Crippen molar-refractivity contribution in [2.75, 3.05) is 17.2 Å². The van der Waals surface area contributed by atoms with Gasteiger partial charge in [-0.3, -0.25) is 4.79 Å². The van der Waals surface area contributed by atoms with E-state index in [2.05, 4.69) is 20.8 Å². The highest BCUT2D eigenvalue weighted by molar-refractivity contribution is 6.44. The molecule has 1 amide bonds. The number of hydrogen-bond acceptors (Lipinski definition) is 4. The number of hydrogen-bond donors (Lipinski definition) is 2. The first-order valence-electron chi connectivity index (χ1n) is 5.94. The third kappa shape index (κ3) is 3.37. The molecule has 0 atom stereocenters. The average Bonchev–Trinajstić information content (AvgIpc) is 2.45. The van der Waals surface area contributed by atoms with Crippen LogP contribution >= 0.6 is 23.2 Å². The second-order valence-electron chi connectivity index (χ2n) is 3.89. The predicted octanol–water partition coefficient (Wildman–Crippen LogP) is 3.47. The number of halogens is 2. The number of benzene rings is 1. The summed E-state index contributed by atoms with van der Waals surface area (Å²) in [5.41, 5.74) is 0.629. The van der Waals surface area contributed by atoms with Gasteiger partial charge in [-0.15, -0.1) is 10.2 Å². The van der Waals surface area contributed by atoms with Crippen LogP contribution in [0.5, 0.6) is 0 Å². The van der Waals surface area contributed by atoms with Crippen molar-refractivity contribution in [3.8, 4) is 0 Å². The number of nitrogens with one attached hydrogen (secondary N) is 2. The van der Waals surface area contributed by atoms with Crippen molar-refractivity contribution in [3.05, 3.63) is 46.1 Å². The zero-order valence-electron chi connectivity index (χ0n) is 10.7. The Morgan fingerprint density at radius 2 is 2.00 bits per heavy atom. The Bertz CT molecular complexity index is 616. The van der Waals surface area contributed by atoms with Crippen LogP contribution in [0, 0.1) is 0 Å². The van der Waals surface area contributed by atoms with Crippen molar-refractivity contribution in [1.29, 1.82) is 0 Å². The maximum atomic E-state index is 12.0. The van der Waals surface area contributed by atoms with Gasteiger partial charge < -0.3 is 10.6 Å². The second kappa shape index (κ2) is 6.54. The fraction of sp³-hybridized carbons (Fsp3) is 0.154. The summed E-state index contributed by atoms with van der Waals surface area (Å²) in [6.07, 6.45) is 0. The minimum atomic E-state index is -0.398. The van der Waals surface area contributed by atoms with Gasteiger partial charge in [0.05, 0.1) is 15.7 Å². The van der Waals surface area contributed by atoms with Crippen LogP contribution < -0.4 is 10.6 Å². The van der Waals surface area contributed by atoms with Gasteiger partial charge in [-0.1, -0.05) is 29.3 Å². The first-order valence-corrected chi connectivity index (χ1v) is 6.70. The van der Waals surface area contributed by atoms with Crippen LogP contribution in [0.1, 0.15) is 17.4 Å². The van der Waals surface area contributed by atoms with E-state index in [0.29, 0.717) is 21.6 Å². The van der Waals surface area contributed by atoms with Crippen molar-refractivity contribution in [3.63, 3.8) is 0 Å². The molecule has 5 nitrogen and oxygen atoms in total. The maximum absolute atomic E-state index is 12.0. The molecule has 0 bridgehead atoms. The van der Waals surface area contributed by atoms with E-state index in [9.17, 15) is 4.79 Å². The van der Waals surface area contributed by atoms with Crippen molar-refractivity contribution < 1.29 is 4.79 Å². The van der Waals surface area contributed by atoms with E-state index in [1.54, 1.807) is 30.3 Å². The van der Waals surface area contributed by atoms with Gasteiger partial charge in [-0.05, 0) is 31.2 Å². The minimum Gasteiger partial charge on any atom is -0.369 e. The van der Waals surface area contributed by atoms with E-state index in [0.717, 1.165) is 6.54 Å². The van der Waals surface area contributed by atoms with Gasteiger partial charge in [0.25, 0.3) is 5.91 Å². The van der Waals surface area contributed by atoms with Gasteiger partial charge in [-0.25, -0.2) is 0 Å². The third-order valence-electron chi connectivity index (χ3n) is 2.45. The van der Waals surface area contributed by atoms with Crippen molar-refractivity contribution in [2.24, 2.45) is 0 Å². The Balaban J connectivity index is 2.13. The third-order valence-corrected chi connectivity index (χ3v) is 3.27. The lowest BCUT2D eigenvalue weighted by Gasteiger charge is -2.07. The second-order valence-corrected chi connectivity index (χ2v) is 4.67. The Kier molecular flexibility index (Phi) is 4.76. The molecule has 2 N–H and O–H groups in total. The highest BCUT2D eigenvalue weighted by Crippen LogP contribution is 2.29. The standard InChI is InChI=1S/C13H12Cl2N4O/c1-2-16-11-7-6-10(18-19-11)13(20)17-9-5-3-4-8(14)12(9)15/h3-7H,2H2,1H3,(H,16,19)(H,17,20). The smallest absolute Gasteiger partial charge is 0.276 e. The van der Waals surface area contributed by atoms with Gasteiger partial charge in [0.1, 0.15) is 5.82 Å². The molecular weight excluding hydrogens is 299 g/mol. The van der Waals surface area contributed by atoms with Crippen LogP contribution in [0.3, 0.4) is 0 Å². The van der Waals surface area contributed by atoms with Gasteiger partial charge in [0.2, 0.25) is 0 Å². The van der Waals surface area contributed by atoms with Crippen LogP contribution in [-0.4, -0.2) is 22.6 Å². The zero-order valence-corrected chi connectivity index (χ0v) is 12.2. The summed E-state index contributed by atoms with van der Waals surface area (Å²) >= 11 is 11.9. The molecule has 1 aromatic carbocycles. The maximum Gasteiger partial charge on any atom is 0.276 e. The summed E-state index contributed by atoms with van der Waals surface area (Å²) in [6.45, 7) is 2.68. The molecule has 0 aliphatic heterocycles. The Hall–Kier alpha value is -1.85. The molecule has 0 saturated carbocycles. The van der Waals surface area contributed by atoms with E-state index in [-0.39, 0.29) is 5.69 Å². The lowest BCUT2D eigenvalue weighted by atomic mass is 10.3. The van der Waals surface area contributed by atoms with Crippen LogP contribution in [0.2, 0.25) is 10.0 Å². The van der Waals surface area contributed by atoms with E-state index >= 15 is 0 Å². The molecule has 0 aliphatic rings. The number of anilines is 2. The highest BCUT2D eigenvalue weighted by Gasteiger charge is 2.11. The van der Waals surface area contributed by atoms with Crippen molar-refractivity contribution in [1.82, 2.24) is 10.2 Å². The number of aromatic nitrogens is 2. The SMILES string of the molecule is CCNc1ccc(C(=O)Nc2cccc(Cl)c2Cl)nn1. The van der Waals surface area contributed by atoms with Crippen LogP contribution in [0.25, 0.3) is 0 Å². The number of nitrogens with zero attached hydrogens (tertiary/aromatic N) is 2. The lowest BCUT2D eigenvalue weighted by Crippen LogP contribution is -2.15. The molecule has 20 heavy (non-hydrogen) atoms. The average molecular weight is 311 g/mol. The topological polar surface area (TPSA) is 66.9 Å². The molecule has 0 saturated heterocycles. The van der Waals surface area contributed by atoms with Crippen LogP contribution in [0.4, 0.5) is 11.5 Å². The molecule has 0 unspecified atom stereocenters. The highest BCUT2D eigenvalue weighted by atomic mass is 35.5. The molecular formula is C13H12Cl2N4O. The van der Waals surface area contributed by atoms with Crippen molar-refractivity contribution >= 4 is 40.6 Å². The summed E-state index contributed by atoms with van der Waals surface area (Å²) in [5.74, 6) is 0.217. The Morgan fingerprint density at radius 1 is 1.20 bits per heavy atom. The largest absolute Gasteiger partial charge is 0.369 e. The van der Waals surface area contributed by atoms with Gasteiger partial charge in [0, 0.05) is 6.54 Å². The fourth-order valence-corrected chi connectivity index (χ4v) is 1.86. The van der Waals surface area contributed by atoms with E-state index in [1.165, 1.54) is 0 Å². The number of rotatable bonds is 4. The molecule has 1 heterocycles. The fourth-order valence-electron chi connectivity index (χ4n) is 1.52. The molecule has 2 aromatic rings. The molecule has 0 fully saturated rings. The molecule has 0 spiro atoms. The molecule has 2 rings (SSSR count). The van der Waals surface area contributed by atoms with E-state index < -0.39 is 5.91 Å². The van der Waals surface area contributed by atoms with E-state index in [1.807, 2.05) is 6.92 Å². The Morgan fingerprint density at radius 3 is 2.65 bits per heavy atom. The summed E-state index contributed by atoms with van der Waals surface area (Å²) in [7, 11) is 0. The molecule has 104 valence electrons. The lowest BCUT2D eigenvalue weighted by molar-refractivity contribution is 0.102. The number of carbonyl (C=O) groups excluding carboxylic acids is 1. The quantitative estimate of drug-likeness (QED) is 0.907. The van der Waals surface area contributed by atoms with Gasteiger partial charge in [-0.2, -0.15) is 0 Å². The zero-order chi connectivity index (χ0) is 14.5. The summed E-state index contributed by atoms with van der Waals surface area (Å²) in [6, 6.07) is 8.27. The van der Waals surface area contributed by atoms with Crippen LogP contribution in [-0.2, 0) is 0 Å². The molecule has 7 heteroatoms. The van der Waals surface area contributed by atoms with E-state index in [4.69, 9.17) is 23.2 Å². The predicted molar refractivity (Wildman–Crippen MR) is 80.6 cm³/mol. The van der Waals surface area contributed by atoms with Gasteiger partial charge in [0.15, 0.2) is 5.69 Å². The molecule has 0 aliphatic carbocycles. The monoisotopic (exact) mass is 310 g/mol.